The molecule has 0 saturated heterocycles. The first kappa shape index (κ1) is 12.1. The highest BCUT2D eigenvalue weighted by atomic mass is 16.3. The van der Waals surface area contributed by atoms with Crippen molar-refractivity contribution in [3.8, 4) is 0 Å². The molecule has 0 radical (unpaired) electrons. The van der Waals surface area contributed by atoms with Gasteiger partial charge in [-0.1, -0.05) is 6.07 Å². The van der Waals surface area contributed by atoms with Crippen LogP contribution in [0.5, 0.6) is 0 Å². The summed E-state index contributed by atoms with van der Waals surface area (Å²) in [5.41, 5.74) is 4.12. The second-order valence-electron chi connectivity index (χ2n) is 4.72. The zero-order valence-electron chi connectivity index (χ0n) is 10.4. The van der Waals surface area contributed by atoms with E-state index in [1.165, 1.54) is 0 Å². The van der Waals surface area contributed by atoms with Crippen molar-refractivity contribution in [3.05, 3.63) is 28.8 Å². The van der Waals surface area contributed by atoms with Crippen LogP contribution >= 0.6 is 0 Å². The molecule has 0 aliphatic carbocycles. The molecule has 0 fully saturated rings. The van der Waals surface area contributed by atoms with E-state index in [-0.39, 0.29) is 11.9 Å². The van der Waals surface area contributed by atoms with Gasteiger partial charge in [-0.25, -0.2) is 0 Å². The van der Waals surface area contributed by atoms with Crippen LogP contribution in [0.25, 0.3) is 0 Å². The molecular formula is C13H18N2O2. The van der Waals surface area contributed by atoms with Crippen LogP contribution in [0.1, 0.15) is 29.7 Å². The predicted molar refractivity (Wildman–Crippen MR) is 67.0 cm³/mol. The smallest absolute Gasteiger partial charge is 0.246 e. The first-order valence-corrected chi connectivity index (χ1v) is 5.82. The average molecular weight is 234 g/mol. The molecule has 3 N–H and O–H groups in total. The first-order valence-electron chi connectivity index (χ1n) is 5.82. The van der Waals surface area contributed by atoms with Crippen LogP contribution in [0.4, 0.5) is 5.69 Å². The van der Waals surface area contributed by atoms with Crippen molar-refractivity contribution >= 4 is 11.6 Å². The number of carbonyl (C=O) groups is 1. The molecule has 0 saturated carbocycles. The van der Waals surface area contributed by atoms with Gasteiger partial charge in [0.05, 0.1) is 6.10 Å². The van der Waals surface area contributed by atoms with E-state index in [1.807, 2.05) is 19.9 Å². The Kier molecular flexibility index (Phi) is 3.17. The van der Waals surface area contributed by atoms with Crippen molar-refractivity contribution in [2.45, 2.75) is 32.9 Å². The SMILES string of the molecule is Cc1cc(C)c2c(c1)NC(=O)C2NCC(C)O. The maximum atomic E-state index is 11.9. The molecule has 17 heavy (non-hydrogen) atoms. The van der Waals surface area contributed by atoms with Gasteiger partial charge in [-0.15, -0.1) is 0 Å². The summed E-state index contributed by atoms with van der Waals surface area (Å²) in [6.07, 6.45) is -0.461. The molecule has 1 aliphatic heterocycles. The van der Waals surface area contributed by atoms with Crippen LogP contribution < -0.4 is 10.6 Å². The van der Waals surface area contributed by atoms with Crippen LogP contribution in [0.15, 0.2) is 12.1 Å². The van der Waals surface area contributed by atoms with Gasteiger partial charge in [-0.3, -0.25) is 10.1 Å². The van der Waals surface area contributed by atoms with E-state index in [9.17, 15) is 9.90 Å². The van der Waals surface area contributed by atoms with Crippen LogP contribution in [0, 0.1) is 13.8 Å². The number of aliphatic hydroxyl groups excluding tert-OH is 1. The zero-order chi connectivity index (χ0) is 12.6. The number of fused-ring (bicyclic) bond motifs is 1. The molecule has 2 atom stereocenters. The fourth-order valence-electron chi connectivity index (χ4n) is 2.28. The number of hydrogen-bond donors (Lipinski definition) is 3. The summed E-state index contributed by atoms with van der Waals surface area (Å²) in [6, 6.07) is 3.70. The maximum absolute atomic E-state index is 11.9. The maximum Gasteiger partial charge on any atom is 0.246 e. The van der Waals surface area contributed by atoms with Crippen LogP contribution in [-0.4, -0.2) is 23.7 Å². The molecule has 1 aromatic carbocycles. The monoisotopic (exact) mass is 234 g/mol. The van der Waals surface area contributed by atoms with Gasteiger partial charge in [0, 0.05) is 17.8 Å². The minimum atomic E-state index is -0.461. The van der Waals surface area contributed by atoms with E-state index >= 15 is 0 Å². The van der Waals surface area contributed by atoms with Crippen molar-refractivity contribution in [1.29, 1.82) is 0 Å². The molecule has 1 heterocycles. The molecule has 92 valence electrons. The van der Waals surface area contributed by atoms with Crippen molar-refractivity contribution in [1.82, 2.24) is 5.32 Å². The van der Waals surface area contributed by atoms with Gasteiger partial charge in [0.1, 0.15) is 6.04 Å². The Morgan fingerprint density at radius 3 is 2.82 bits per heavy atom. The third-order valence-corrected chi connectivity index (χ3v) is 2.96. The summed E-state index contributed by atoms with van der Waals surface area (Å²) in [5, 5.41) is 15.2. The predicted octanol–water partition coefficient (Wildman–Crippen LogP) is 1.27. The summed E-state index contributed by atoms with van der Waals surface area (Å²) in [4.78, 5) is 11.9. The van der Waals surface area contributed by atoms with E-state index in [1.54, 1.807) is 6.92 Å². The topological polar surface area (TPSA) is 61.4 Å². The third-order valence-electron chi connectivity index (χ3n) is 2.96. The number of amides is 1. The number of aliphatic hydroxyl groups is 1. The summed E-state index contributed by atoms with van der Waals surface area (Å²) >= 11 is 0. The lowest BCUT2D eigenvalue weighted by Crippen LogP contribution is -2.33. The van der Waals surface area contributed by atoms with Gasteiger partial charge in [0.15, 0.2) is 0 Å². The van der Waals surface area contributed by atoms with Gasteiger partial charge in [0.25, 0.3) is 0 Å². The number of rotatable bonds is 3. The second kappa shape index (κ2) is 4.47. The largest absolute Gasteiger partial charge is 0.392 e. The van der Waals surface area contributed by atoms with Crippen LogP contribution in [-0.2, 0) is 4.79 Å². The highest BCUT2D eigenvalue weighted by Gasteiger charge is 2.31. The number of carbonyl (C=O) groups excluding carboxylic acids is 1. The number of nitrogens with one attached hydrogen (secondary N) is 2. The minimum absolute atomic E-state index is 0.0469. The lowest BCUT2D eigenvalue weighted by molar-refractivity contribution is -0.117. The number of anilines is 1. The Hall–Kier alpha value is -1.39. The standard InChI is InChI=1S/C13H18N2O2/c1-7-4-8(2)11-10(5-7)15-13(17)12(11)14-6-9(3)16/h4-5,9,12,14,16H,6H2,1-3H3,(H,15,17). The quantitative estimate of drug-likeness (QED) is 0.738. The Morgan fingerprint density at radius 1 is 1.47 bits per heavy atom. The van der Waals surface area contributed by atoms with Gasteiger partial charge >= 0.3 is 0 Å². The van der Waals surface area contributed by atoms with E-state index in [0.29, 0.717) is 6.54 Å². The molecule has 4 nitrogen and oxygen atoms in total. The molecule has 1 aliphatic rings. The number of aryl methyl sites for hydroxylation is 2. The molecule has 1 amide bonds. The lowest BCUT2D eigenvalue weighted by atomic mass is 10.00. The molecule has 4 heteroatoms. The van der Waals surface area contributed by atoms with Crippen LogP contribution in [0.2, 0.25) is 0 Å². The Balaban J connectivity index is 2.30. The minimum Gasteiger partial charge on any atom is -0.392 e. The Bertz CT molecular complexity index is 455. The second-order valence-corrected chi connectivity index (χ2v) is 4.72. The van der Waals surface area contributed by atoms with Crippen LogP contribution in [0.3, 0.4) is 0 Å². The normalized spacial score (nSPS) is 20.0. The number of hydrogen-bond acceptors (Lipinski definition) is 3. The van der Waals surface area contributed by atoms with Crippen molar-refractivity contribution < 1.29 is 9.90 Å². The summed E-state index contributed by atoms with van der Waals surface area (Å²) in [7, 11) is 0. The molecule has 0 aromatic heterocycles. The van der Waals surface area contributed by atoms with Gasteiger partial charge < -0.3 is 10.4 Å². The molecule has 2 unspecified atom stereocenters. The van der Waals surface area contributed by atoms with Crippen molar-refractivity contribution in [2.75, 3.05) is 11.9 Å². The van der Waals surface area contributed by atoms with E-state index < -0.39 is 6.10 Å². The van der Waals surface area contributed by atoms with Gasteiger partial charge in [-0.05, 0) is 38.0 Å². The summed E-state index contributed by atoms with van der Waals surface area (Å²) < 4.78 is 0. The average Bonchev–Trinajstić information content (AvgIpc) is 2.51. The van der Waals surface area contributed by atoms with Crippen molar-refractivity contribution in [2.24, 2.45) is 0 Å². The number of benzene rings is 1. The third kappa shape index (κ3) is 2.33. The molecular weight excluding hydrogens is 216 g/mol. The molecule has 1 aromatic rings. The first-order chi connectivity index (χ1) is 7.99. The highest BCUT2D eigenvalue weighted by molar-refractivity contribution is 6.03. The van der Waals surface area contributed by atoms with Crippen molar-refractivity contribution in [3.63, 3.8) is 0 Å². The molecule has 0 bridgehead atoms. The summed E-state index contributed by atoms with van der Waals surface area (Å²) in [6.45, 7) is 6.12. The Morgan fingerprint density at radius 2 is 2.18 bits per heavy atom. The highest BCUT2D eigenvalue weighted by Crippen LogP contribution is 2.34. The summed E-state index contributed by atoms with van der Waals surface area (Å²) in [5.74, 6) is -0.0469. The van der Waals surface area contributed by atoms with E-state index in [0.717, 1.165) is 22.4 Å². The molecule has 2 rings (SSSR count). The zero-order valence-corrected chi connectivity index (χ0v) is 10.4. The lowest BCUT2D eigenvalue weighted by Gasteiger charge is -2.15. The fourth-order valence-corrected chi connectivity index (χ4v) is 2.28. The van der Waals surface area contributed by atoms with Gasteiger partial charge in [0.2, 0.25) is 5.91 Å². The van der Waals surface area contributed by atoms with E-state index in [2.05, 4.69) is 16.7 Å². The molecule has 0 spiro atoms. The Labute approximate surface area is 101 Å². The van der Waals surface area contributed by atoms with Gasteiger partial charge in [-0.2, -0.15) is 0 Å². The van der Waals surface area contributed by atoms with E-state index in [4.69, 9.17) is 0 Å². The fraction of sp³-hybridized carbons (Fsp3) is 0.462.